The summed E-state index contributed by atoms with van der Waals surface area (Å²) >= 11 is 0. The molecule has 7 heteroatoms. The predicted octanol–water partition coefficient (Wildman–Crippen LogP) is 3.40. The molecule has 0 aliphatic rings. The normalized spacial score (nSPS) is 11.9. The Morgan fingerprint density at radius 2 is 1.79 bits per heavy atom. The van der Waals surface area contributed by atoms with Crippen molar-refractivity contribution in [3.63, 3.8) is 0 Å². The molecule has 0 bridgehead atoms. The lowest BCUT2D eigenvalue weighted by molar-refractivity contribution is 0.0938. The van der Waals surface area contributed by atoms with Crippen LogP contribution < -0.4 is 10.1 Å². The van der Waals surface area contributed by atoms with Gasteiger partial charge in [0.1, 0.15) is 17.3 Å². The molecule has 4 aromatic rings. The summed E-state index contributed by atoms with van der Waals surface area (Å²) < 4.78 is 20.2. The van der Waals surface area contributed by atoms with Crippen LogP contribution in [0.4, 0.5) is 4.39 Å². The minimum atomic E-state index is -0.475. The molecule has 0 saturated carbocycles. The van der Waals surface area contributed by atoms with Crippen molar-refractivity contribution in [2.24, 2.45) is 0 Å². The summed E-state index contributed by atoms with van der Waals surface area (Å²) in [5.41, 5.74) is 1.84. The van der Waals surface area contributed by atoms with Gasteiger partial charge in [-0.15, -0.1) is 0 Å². The second-order valence-corrected chi connectivity index (χ2v) is 6.18. The van der Waals surface area contributed by atoms with Crippen molar-refractivity contribution in [3.05, 3.63) is 95.8 Å². The van der Waals surface area contributed by atoms with Crippen molar-refractivity contribution in [3.8, 4) is 5.75 Å². The van der Waals surface area contributed by atoms with Gasteiger partial charge in [-0.3, -0.25) is 9.20 Å². The first-order valence-electron chi connectivity index (χ1n) is 8.64. The third-order valence-corrected chi connectivity index (χ3v) is 4.40. The monoisotopic (exact) mass is 376 g/mol. The number of fused-ring (bicyclic) bond motifs is 1. The second-order valence-electron chi connectivity index (χ2n) is 6.18. The Morgan fingerprint density at radius 1 is 1.11 bits per heavy atom. The lowest BCUT2D eigenvalue weighted by atomic mass is 9.98. The van der Waals surface area contributed by atoms with Gasteiger partial charge in [0, 0.05) is 18.6 Å². The molecule has 6 nitrogen and oxygen atoms in total. The molecule has 2 aromatic carbocycles. The van der Waals surface area contributed by atoms with Crippen LogP contribution in [0.15, 0.2) is 73.2 Å². The zero-order valence-corrected chi connectivity index (χ0v) is 15.0. The van der Waals surface area contributed by atoms with Gasteiger partial charge in [-0.2, -0.15) is 0 Å². The highest BCUT2D eigenvalue weighted by Crippen LogP contribution is 2.25. The second kappa shape index (κ2) is 7.48. The van der Waals surface area contributed by atoms with Crippen LogP contribution in [-0.4, -0.2) is 27.4 Å². The average molecular weight is 376 g/mol. The Kier molecular flexibility index (Phi) is 4.72. The van der Waals surface area contributed by atoms with E-state index in [1.54, 1.807) is 48.3 Å². The number of carbonyl (C=O) groups excluding carboxylic acids is 1. The van der Waals surface area contributed by atoms with E-state index in [1.807, 2.05) is 24.3 Å². The fourth-order valence-electron chi connectivity index (χ4n) is 2.96. The first-order chi connectivity index (χ1) is 13.6. The number of imidazole rings is 1. The maximum Gasteiger partial charge on any atom is 0.272 e. The molecule has 0 saturated heterocycles. The standard InChI is InChI=1S/C21H17FN4O2/c1-28-17-9-5-15(6-10-17)19(14-3-7-16(22)8-4-14)25-20(27)18-13-26-12-2-11-23-21(26)24-18/h2-13,19H,1H3,(H,25,27). The number of benzene rings is 2. The highest BCUT2D eigenvalue weighted by molar-refractivity contribution is 5.93. The number of methoxy groups -OCH3 is 1. The van der Waals surface area contributed by atoms with Gasteiger partial charge in [0.15, 0.2) is 0 Å². The molecule has 140 valence electrons. The topological polar surface area (TPSA) is 68.5 Å². The van der Waals surface area contributed by atoms with E-state index < -0.39 is 6.04 Å². The van der Waals surface area contributed by atoms with Crippen LogP contribution in [0.25, 0.3) is 5.78 Å². The molecule has 0 radical (unpaired) electrons. The highest BCUT2D eigenvalue weighted by Gasteiger charge is 2.20. The quantitative estimate of drug-likeness (QED) is 0.580. The lowest BCUT2D eigenvalue weighted by Gasteiger charge is -2.19. The minimum absolute atomic E-state index is 0.249. The molecule has 1 N–H and O–H groups in total. The smallest absolute Gasteiger partial charge is 0.272 e. The first-order valence-corrected chi connectivity index (χ1v) is 8.64. The van der Waals surface area contributed by atoms with E-state index in [-0.39, 0.29) is 17.4 Å². The number of hydrogen-bond acceptors (Lipinski definition) is 4. The largest absolute Gasteiger partial charge is 0.497 e. The number of rotatable bonds is 5. The Balaban J connectivity index is 1.67. The summed E-state index contributed by atoms with van der Waals surface area (Å²) in [6, 6.07) is 14.7. The third-order valence-electron chi connectivity index (χ3n) is 4.40. The Morgan fingerprint density at radius 3 is 2.43 bits per heavy atom. The van der Waals surface area contributed by atoms with Gasteiger partial charge >= 0.3 is 0 Å². The van der Waals surface area contributed by atoms with Gasteiger partial charge < -0.3 is 10.1 Å². The summed E-state index contributed by atoms with van der Waals surface area (Å²) in [7, 11) is 1.59. The van der Waals surface area contributed by atoms with Crippen LogP contribution >= 0.6 is 0 Å². The van der Waals surface area contributed by atoms with Crippen LogP contribution in [-0.2, 0) is 0 Å². The van der Waals surface area contributed by atoms with E-state index in [9.17, 15) is 9.18 Å². The number of halogens is 1. The maximum absolute atomic E-state index is 13.4. The molecule has 0 fully saturated rings. The molecule has 0 aliphatic heterocycles. The van der Waals surface area contributed by atoms with Gasteiger partial charge in [-0.25, -0.2) is 14.4 Å². The van der Waals surface area contributed by atoms with Crippen molar-refractivity contribution in [1.29, 1.82) is 0 Å². The molecular weight excluding hydrogens is 359 g/mol. The van der Waals surface area contributed by atoms with Gasteiger partial charge in [-0.05, 0) is 41.5 Å². The Hall–Kier alpha value is -3.74. The number of ether oxygens (including phenoxy) is 1. The van der Waals surface area contributed by atoms with E-state index in [0.717, 1.165) is 11.1 Å². The van der Waals surface area contributed by atoms with Crippen molar-refractivity contribution < 1.29 is 13.9 Å². The van der Waals surface area contributed by atoms with Gasteiger partial charge in [0.2, 0.25) is 5.78 Å². The molecule has 1 amide bonds. The summed E-state index contributed by atoms with van der Waals surface area (Å²) in [5, 5.41) is 2.98. The molecule has 0 spiro atoms. The molecule has 0 aliphatic carbocycles. The first kappa shape index (κ1) is 17.7. The fourth-order valence-corrected chi connectivity index (χ4v) is 2.96. The molecule has 4 rings (SSSR count). The van der Waals surface area contributed by atoms with Crippen LogP contribution in [0, 0.1) is 5.82 Å². The number of carbonyl (C=O) groups is 1. The zero-order chi connectivity index (χ0) is 19.5. The van der Waals surface area contributed by atoms with E-state index in [0.29, 0.717) is 11.5 Å². The maximum atomic E-state index is 13.4. The van der Waals surface area contributed by atoms with Gasteiger partial charge in [0.05, 0.1) is 13.2 Å². The Labute approximate surface area is 160 Å². The van der Waals surface area contributed by atoms with Crippen LogP contribution in [0.1, 0.15) is 27.7 Å². The number of aromatic nitrogens is 3. The van der Waals surface area contributed by atoms with Crippen molar-refractivity contribution in [2.45, 2.75) is 6.04 Å². The number of nitrogens with one attached hydrogen (secondary N) is 1. The molecule has 2 heterocycles. The van der Waals surface area contributed by atoms with Gasteiger partial charge in [0.25, 0.3) is 5.91 Å². The van der Waals surface area contributed by atoms with E-state index in [4.69, 9.17) is 4.74 Å². The summed E-state index contributed by atoms with van der Waals surface area (Å²) in [6.07, 6.45) is 5.00. The SMILES string of the molecule is COc1ccc(C(NC(=O)c2cn3cccnc3n2)c2ccc(F)cc2)cc1. The molecule has 1 atom stereocenters. The van der Waals surface area contributed by atoms with E-state index in [2.05, 4.69) is 15.3 Å². The van der Waals surface area contributed by atoms with E-state index in [1.165, 1.54) is 12.1 Å². The number of amides is 1. The summed E-state index contributed by atoms with van der Waals surface area (Å²) in [5.74, 6) is 0.459. The Bertz CT molecular complexity index is 1070. The number of nitrogens with zero attached hydrogens (tertiary/aromatic N) is 3. The minimum Gasteiger partial charge on any atom is -0.497 e. The molecule has 1 unspecified atom stereocenters. The predicted molar refractivity (Wildman–Crippen MR) is 102 cm³/mol. The number of hydrogen-bond donors (Lipinski definition) is 1. The molecule has 2 aromatic heterocycles. The third kappa shape index (κ3) is 3.55. The van der Waals surface area contributed by atoms with E-state index >= 15 is 0 Å². The molecular formula is C21H17FN4O2. The van der Waals surface area contributed by atoms with Gasteiger partial charge in [-0.1, -0.05) is 24.3 Å². The lowest BCUT2D eigenvalue weighted by Crippen LogP contribution is -2.29. The van der Waals surface area contributed by atoms with Crippen LogP contribution in [0.2, 0.25) is 0 Å². The fraction of sp³-hybridized carbons (Fsp3) is 0.0952. The summed E-state index contributed by atoms with van der Waals surface area (Å²) in [6.45, 7) is 0. The van der Waals surface area contributed by atoms with Crippen molar-refractivity contribution in [2.75, 3.05) is 7.11 Å². The molecule has 28 heavy (non-hydrogen) atoms. The highest BCUT2D eigenvalue weighted by atomic mass is 19.1. The van der Waals surface area contributed by atoms with Crippen molar-refractivity contribution in [1.82, 2.24) is 19.7 Å². The summed E-state index contributed by atoms with van der Waals surface area (Å²) in [4.78, 5) is 21.2. The van der Waals surface area contributed by atoms with Crippen molar-refractivity contribution >= 4 is 11.7 Å². The van der Waals surface area contributed by atoms with Crippen LogP contribution in [0.5, 0.6) is 5.75 Å². The van der Waals surface area contributed by atoms with Crippen LogP contribution in [0.3, 0.4) is 0 Å². The average Bonchev–Trinajstić information content (AvgIpc) is 3.17. The zero-order valence-electron chi connectivity index (χ0n) is 15.0.